The Morgan fingerprint density at radius 3 is 2.71 bits per heavy atom. The van der Waals surface area contributed by atoms with E-state index in [1.807, 2.05) is 0 Å². The van der Waals surface area contributed by atoms with Crippen LogP contribution in [0.1, 0.15) is 46.5 Å². The van der Waals surface area contributed by atoms with Crippen LogP contribution < -0.4 is 0 Å². The minimum atomic E-state index is -1.00. The summed E-state index contributed by atoms with van der Waals surface area (Å²) in [4.78, 5) is 22.7. The van der Waals surface area contributed by atoms with Crippen molar-refractivity contribution in [3.63, 3.8) is 0 Å². The Morgan fingerprint density at radius 1 is 1.48 bits per heavy atom. The summed E-state index contributed by atoms with van der Waals surface area (Å²) in [7, 11) is 0. The quantitative estimate of drug-likeness (QED) is 0.492. The molecule has 4 atom stereocenters. The highest BCUT2D eigenvalue weighted by molar-refractivity contribution is 5.86. The predicted molar refractivity (Wildman–Crippen MR) is 79.6 cm³/mol. The van der Waals surface area contributed by atoms with Gasteiger partial charge in [0.1, 0.15) is 6.10 Å². The first kappa shape index (κ1) is 15.8. The average molecular weight is 292 g/mol. The lowest BCUT2D eigenvalue weighted by molar-refractivity contribution is -0.156. The van der Waals surface area contributed by atoms with Crippen molar-refractivity contribution in [2.45, 2.75) is 52.6 Å². The van der Waals surface area contributed by atoms with E-state index in [9.17, 15) is 14.7 Å². The highest BCUT2D eigenvalue weighted by Gasteiger charge is 2.48. The Labute approximate surface area is 125 Å². The molecule has 0 spiro atoms. The van der Waals surface area contributed by atoms with Gasteiger partial charge in [-0.25, -0.2) is 4.79 Å². The minimum absolute atomic E-state index is 0.0776. The molecule has 1 N–H and O–H groups in total. The fraction of sp³-hybridized carbons (Fsp3) is 0.647. The van der Waals surface area contributed by atoms with Gasteiger partial charge in [-0.15, -0.1) is 0 Å². The Kier molecular flexibility index (Phi) is 4.26. The van der Waals surface area contributed by atoms with Crippen LogP contribution in [0.2, 0.25) is 0 Å². The Hall–Kier alpha value is -1.58. The molecule has 0 heterocycles. The van der Waals surface area contributed by atoms with Gasteiger partial charge in [-0.05, 0) is 43.9 Å². The van der Waals surface area contributed by atoms with Gasteiger partial charge < -0.3 is 9.84 Å². The maximum atomic E-state index is 11.4. The van der Waals surface area contributed by atoms with Crippen LogP contribution in [0, 0.1) is 17.3 Å². The number of carboxylic acid groups (broad SMARTS) is 1. The third-order valence-corrected chi connectivity index (χ3v) is 5.22. The highest BCUT2D eigenvalue weighted by Crippen LogP contribution is 2.53. The van der Waals surface area contributed by atoms with E-state index in [2.05, 4.69) is 26.5 Å². The third kappa shape index (κ3) is 3.04. The van der Waals surface area contributed by atoms with Crippen molar-refractivity contribution in [2.75, 3.05) is 0 Å². The second kappa shape index (κ2) is 5.66. The number of hydrogen-bond acceptors (Lipinski definition) is 3. The van der Waals surface area contributed by atoms with Crippen LogP contribution in [0.15, 0.2) is 23.8 Å². The van der Waals surface area contributed by atoms with E-state index in [0.29, 0.717) is 18.8 Å². The summed E-state index contributed by atoms with van der Waals surface area (Å²) in [5, 5.41) is 9.26. The molecule has 21 heavy (non-hydrogen) atoms. The van der Waals surface area contributed by atoms with Crippen LogP contribution in [0.3, 0.4) is 0 Å². The van der Waals surface area contributed by atoms with E-state index in [1.165, 1.54) is 12.5 Å². The summed E-state index contributed by atoms with van der Waals surface area (Å²) in [6, 6.07) is 0. The monoisotopic (exact) mass is 292 g/mol. The van der Waals surface area contributed by atoms with E-state index < -0.39 is 5.97 Å². The van der Waals surface area contributed by atoms with Crippen molar-refractivity contribution in [3.05, 3.63) is 23.8 Å². The van der Waals surface area contributed by atoms with Gasteiger partial charge in [0.25, 0.3) is 0 Å². The number of carboxylic acids is 1. The van der Waals surface area contributed by atoms with E-state index in [0.717, 1.165) is 12.8 Å². The smallest absolute Gasteiger partial charge is 0.331 e. The lowest BCUT2D eigenvalue weighted by Crippen LogP contribution is -2.46. The molecule has 0 unspecified atom stereocenters. The summed E-state index contributed by atoms with van der Waals surface area (Å²) in [5.74, 6) is -1.31. The molecule has 4 heteroatoms. The van der Waals surface area contributed by atoms with Crippen molar-refractivity contribution in [3.8, 4) is 0 Å². The van der Waals surface area contributed by atoms with Gasteiger partial charge in [-0.3, -0.25) is 4.79 Å². The Morgan fingerprint density at radius 2 is 2.14 bits per heavy atom. The first-order valence-electron chi connectivity index (χ1n) is 7.50. The summed E-state index contributed by atoms with van der Waals surface area (Å²) in [5.41, 5.74) is 1.56. The number of esters is 1. The van der Waals surface area contributed by atoms with E-state index in [-0.39, 0.29) is 29.0 Å². The number of allylic oxidation sites excluding steroid dienone is 2. The molecule has 0 saturated heterocycles. The molecule has 2 aliphatic carbocycles. The van der Waals surface area contributed by atoms with Crippen LogP contribution in [0.25, 0.3) is 0 Å². The molecule has 2 aliphatic rings. The second-order valence-electron chi connectivity index (χ2n) is 6.72. The normalized spacial score (nSPS) is 35.4. The van der Waals surface area contributed by atoms with Gasteiger partial charge in [0.2, 0.25) is 0 Å². The number of fused-ring (bicyclic) bond motifs is 1. The zero-order chi connectivity index (χ0) is 15.8. The molecule has 0 bridgehead atoms. The topological polar surface area (TPSA) is 63.6 Å². The second-order valence-corrected chi connectivity index (χ2v) is 6.72. The molecule has 0 aromatic rings. The first-order valence-corrected chi connectivity index (χ1v) is 7.50. The molecule has 0 radical (unpaired) electrons. The van der Waals surface area contributed by atoms with Gasteiger partial charge >= 0.3 is 11.9 Å². The summed E-state index contributed by atoms with van der Waals surface area (Å²) >= 11 is 0. The van der Waals surface area contributed by atoms with Crippen LogP contribution in [-0.4, -0.2) is 23.1 Å². The Balaban J connectivity index is 2.31. The van der Waals surface area contributed by atoms with Crippen LogP contribution in [-0.2, 0) is 14.3 Å². The lowest BCUT2D eigenvalue weighted by atomic mass is 9.56. The first-order chi connectivity index (χ1) is 9.74. The maximum Gasteiger partial charge on any atom is 0.331 e. The number of rotatable bonds is 3. The van der Waals surface area contributed by atoms with Gasteiger partial charge in [0.15, 0.2) is 0 Å². The molecule has 1 saturated carbocycles. The molecular formula is C17H24O4. The van der Waals surface area contributed by atoms with Crippen LogP contribution in [0.4, 0.5) is 0 Å². The lowest BCUT2D eigenvalue weighted by Gasteiger charge is -2.50. The molecule has 0 aromatic heterocycles. The molecule has 0 amide bonds. The van der Waals surface area contributed by atoms with Crippen molar-refractivity contribution < 1.29 is 19.4 Å². The van der Waals surface area contributed by atoms with Crippen LogP contribution in [0.5, 0.6) is 0 Å². The summed E-state index contributed by atoms with van der Waals surface area (Å²) in [6.45, 7) is 9.43. The van der Waals surface area contributed by atoms with Crippen molar-refractivity contribution in [2.24, 2.45) is 17.3 Å². The molecule has 0 aromatic carbocycles. The van der Waals surface area contributed by atoms with E-state index in [1.54, 1.807) is 0 Å². The molecule has 0 aliphatic heterocycles. The number of carbonyl (C=O) groups is 2. The van der Waals surface area contributed by atoms with Crippen molar-refractivity contribution >= 4 is 11.9 Å². The minimum Gasteiger partial charge on any atom is -0.478 e. The summed E-state index contributed by atoms with van der Waals surface area (Å²) < 4.78 is 5.44. The molecule has 116 valence electrons. The average Bonchev–Trinajstić information content (AvgIpc) is 2.36. The molecule has 1 fully saturated rings. The molecular weight excluding hydrogens is 268 g/mol. The zero-order valence-electron chi connectivity index (χ0n) is 13.0. The number of carbonyl (C=O) groups excluding carboxylic acids is 1. The fourth-order valence-electron chi connectivity index (χ4n) is 4.08. The SMILES string of the molecule is C=C(C(=O)O)[C@H]1C[C@H]2C(C)=CCC[C@]2(C)C[C@H]1OC(C)=O. The van der Waals surface area contributed by atoms with Gasteiger partial charge in [0.05, 0.1) is 0 Å². The number of aliphatic carboxylic acids is 1. The number of ether oxygens (including phenoxy) is 1. The maximum absolute atomic E-state index is 11.4. The summed E-state index contributed by atoms with van der Waals surface area (Å²) in [6.07, 6.45) is 5.37. The fourth-order valence-corrected chi connectivity index (χ4v) is 4.08. The van der Waals surface area contributed by atoms with Crippen molar-refractivity contribution in [1.29, 1.82) is 0 Å². The third-order valence-electron chi connectivity index (χ3n) is 5.22. The van der Waals surface area contributed by atoms with Crippen LogP contribution >= 0.6 is 0 Å². The van der Waals surface area contributed by atoms with Crippen molar-refractivity contribution in [1.82, 2.24) is 0 Å². The van der Waals surface area contributed by atoms with Gasteiger partial charge in [-0.2, -0.15) is 0 Å². The van der Waals surface area contributed by atoms with Gasteiger partial charge in [0, 0.05) is 18.4 Å². The van der Waals surface area contributed by atoms with Gasteiger partial charge in [-0.1, -0.05) is 25.2 Å². The van der Waals surface area contributed by atoms with E-state index >= 15 is 0 Å². The Bertz CT molecular complexity index is 505. The molecule has 2 rings (SSSR count). The largest absolute Gasteiger partial charge is 0.478 e. The highest BCUT2D eigenvalue weighted by atomic mass is 16.5. The predicted octanol–water partition coefficient (Wildman–Crippen LogP) is 3.33. The number of hydrogen-bond donors (Lipinski definition) is 1. The standard InChI is InChI=1S/C17H24O4/c1-10-6-5-7-17(4)9-15(21-12(3)18)13(8-14(10)17)11(2)16(19)20/h6,13-15H,2,5,7-9H2,1,3-4H3,(H,19,20)/t13-,14+,15-,17-/m1/s1. The zero-order valence-corrected chi connectivity index (χ0v) is 13.0. The van der Waals surface area contributed by atoms with E-state index in [4.69, 9.17) is 4.74 Å². The molecule has 4 nitrogen and oxygen atoms in total.